The van der Waals surface area contributed by atoms with E-state index in [1.165, 1.54) is 11.9 Å². The summed E-state index contributed by atoms with van der Waals surface area (Å²) in [5.74, 6) is 0.753. The molecule has 0 radical (unpaired) electrons. The van der Waals surface area contributed by atoms with E-state index in [4.69, 9.17) is 4.52 Å². The van der Waals surface area contributed by atoms with Crippen LogP contribution in [0, 0.1) is 19.8 Å². The van der Waals surface area contributed by atoms with Crippen LogP contribution in [0.4, 0.5) is 11.5 Å². The highest BCUT2D eigenvalue weighted by Crippen LogP contribution is 2.29. The minimum atomic E-state index is -0.0877. The lowest BCUT2D eigenvalue weighted by atomic mass is 9.96. The van der Waals surface area contributed by atoms with Crippen LogP contribution in [0.3, 0.4) is 0 Å². The molecule has 1 unspecified atom stereocenters. The van der Waals surface area contributed by atoms with E-state index in [1.54, 1.807) is 0 Å². The number of rotatable bonds is 3. The predicted molar refractivity (Wildman–Crippen MR) is 99.1 cm³/mol. The van der Waals surface area contributed by atoms with E-state index in [1.807, 2.05) is 38.1 Å². The highest BCUT2D eigenvalue weighted by atomic mass is 16.5. The average Bonchev–Trinajstić information content (AvgIpc) is 3.05. The van der Waals surface area contributed by atoms with Gasteiger partial charge >= 0.3 is 0 Å². The van der Waals surface area contributed by atoms with Crippen LogP contribution in [-0.2, 0) is 4.79 Å². The van der Waals surface area contributed by atoms with Crippen molar-refractivity contribution < 1.29 is 9.32 Å². The van der Waals surface area contributed by atoms with Crippen LogP contribution in [-0.4, -0.2) is 34.1 Å². The molecule has 1 N–H and O–H groups in total. The second-order valence-corrected chi connectivity index (χ2v) is 6.79. The summed E-state index contributed by atoms with van der Waals surface area (Å²) < 4.78 is 5.24. The number of amides is 1. The zero-order chi connectivity index (χ0) is 18.1. The molecule has 1 aliphatic heterocycles. The number of fused-ring (bicyclic) bond motifs is 1. The lowest BCUT2D eigenvalue weighted by Gasteiger charge is -2.33. The standard InChI is InChI=1S/C19H21N5O2/c1-12-5-7-15(8-6-12)22-18(25)14-4-3-9-24(10-14)17-16-13(2)23-26-19(16)21-11-20-17/h5-8,11,14H,3-4,9-10H2,1-2H3,(H,22,25). The predicted octanol–water partition coefficient (Wildman–Crippen LogP) is 3.09. The summed E-state index contributed by atoms with van der Waals surface area (Å²) in [6, 6.07) is 7.86. The molecule has 7 nitrogen and oxygen atoms in total. The van der Waals surface area contributed by atoms with Gasteiger partial charge in [-0.05, 0) is 38.8 Å². The molecule has 1 aliphatic rings. The number of aryl methyl sites for hydroxylation is 2. The maximum atomic E-state index is 12.7. The maximum Gasteiger partial charge on any atom is 0.263 e. The minimum absolute atomic E-state index is 0.0471. The first-order valence-electron chi connectivity index (χ1n) is 8.81. The molecular weight excluding hydrogens is 330 g/mol. The van der Waals surface area contributed by atoms with Crippen molar-refractivity contribution in [3.05, 3.63) is 41.9 Å². The van der Waals surface area contributed by atoms with Gasteiger partial charge in [0, 0.05) is 18.8 Å². The molecular formula is C19H21N5O2. The Morgan fingerprint density at radius 3 is 2.85 bits per heavy atom. The van der Waals surface area contributed by atoms with Crippen molar-refractivity contribution in [1.29, 1.82) is 0 Å². The zero-order valence-corrected chi connectivity index (χ0v) is 14.9. The van der Waals surface area contributed by atoms with E-state index < -0.39 is 0 Å². The van der Waals surface area contributed by atoms with E-state index in [0.717, 1.165) is 42.0 Å². The molecule has 0 bridgehead atoms. The molecule has 1 atom stereocenters. The summed E-state index contributed by atoms with van der Waals surface area (Å²) in [5, 5.41) is 7.84. The Morgan fingerprint density at radius 2 is 2.04 bits per heavy atom. The number of hydrogen-bond donors (Lipinski definition) is 1. The third-order valence-electron chi connectivity index (χ3n) is 4.83. The number of nitrogens with one attached hydrogen (secondary N) is 1. The fourth-order valence-corrected chi connectivity index (χ4v) is 3.41. The Balaban J connectivity index is 1.52. The Bertz CT molecular complexity index is 935. The number of benzene rings is 1. The maximum absolute atomic E-state index is 12.7. The van der Waals surface area contributed by atoms with Crippen molar-refractivity contribution >= 4 is 28.5 Å². The molecule has 26 heavy (non-hydrogen) atoms. The fourth-order valence-electron chi connectivity index (χ4n) is 3.41. The van der Waals surface area contributed by atoms with Gasteiger partial charge in [0.05, 0.1) is 11.6 Å². The van der Waals surface area contributed by atoms with Crippen LogP contribution in [0.5, 0.6) is 0 Å². The van der Waals surface area contributed by atoms with E-state index in [2.05, 4.69) is 25.3 Å². The summed E-state index contributed by atoms with van der Waals surface area (Å²) in [6.45, 7) is 5.38. The monoisotopic (exact) mass is 351 g/mol. The number of carbonyl (C=O) groups is 1. The molecule has 4 rings (SSSR count). The van der Waals surface area contributed by atoms with E-state index >= 15 is 0 Å². The Labute approximate surface area is 151 Å². The summed E-state index contributed by atoms with van der Waals surface area (Å²) in [6.07, 6.45) is 3.28. The largest absolute Gasteiger partial charge is 0.355 e. The first kappa shape index (κ1) is 16.5. The molecule has 1 fully saturated rings. The van der Waals surface area contributed by atoms with E-state index in [-0.39, 0.29) is 11.8 Å². The highest BCUT2D eigenvalue weighted by Gasteiger charge is 2.28. The van der Waals surface area contributed by atoms with Crippen molar-refractivity contribution in [2.45, 2.75) is 26.7 Å². The molecule has 0 spiro atoms. The molecule has 0 saturated carbocycles. The molecule has 134 valence electrons. The van der Waals surface area contributed by atoms with Gasteiger partial charge in [-0.1, -0.05) is 22.9 Å². The molecule has 1 aromatic carbocycles. The van der Waals surface area contributed by atoms with Crippen molar-refractivity contribution in [3.63, 3.8) is 0 Å². The van der Waals surface area contributed by atoms with Gasteiger partial charge in [0.15, 0.2) is 0 Å². The van der Waals surface area contributed by atoms with Crippen LogP contribution in [0.25, 0.3) is 11.1 Å². The highest BCUT2D eigenvalue weighted by molar-refractivity contribution is 5.93. The van der Waals surface area contributed by atoms with Gasteiger partial charge in [0.25, 0.3) is 5.71 Å². The fraction of sp³-hybridized carbons (Fsp3) is 0.368. The Morgan fingerprint density at radius 1 is 1.23 bits per heavy atom. The molecule has 7 heteroatoms. The second kappa shape index (κ2) is 6.74. The number of aromatic nitrogens is 3. The number of hydrogen-bond acceptors (Lipinski definition) is 6. The van der Waals surface area contributed by atoms with Gasteiger partial charge in [-0.2, -0.15) is 4.98 Å². The van der Waals surface area contributed by atoms with Crippen LogP contribution < -0.4 is 10.2 Å². The van der Waals surface area contributed by atoms with Crippen molar-refractivity contribution in [2.75, 3.05) is 23.3 Å². The summed E-state index contributed by atoms with van der Waals surface area (Å²) in [4.78, 5) is 23.4. The third kappa shape index (κ3) is 3.12. The number of piperidine rings is 1. The number of nitrogens with zero attached hydrogens (tertiary/aromatic N) is 4. The van der Waals surface area contributed by atoms with E-state index in [9.17, 15) is 4.79 Å². The summed E-state index contributed by atoms with van der Waals surface area (Å²) >= 11 is 0. The topological polar surface area (TPSA) is 84.2 Å². The van der Waals surface area contributed by atoms with Crippen molar-refractivity contribution in [1.82, 2.24) is 15.1 Å². The SMILES string of the molecule is Cc1ccc(NC(=O)C2CCCN(c3ncnc4onc(C)c34)C2)cc1. The Kier molecular flexibility index (Phi) is 4.28. The Hall–Kier alpha value is -2.96. The van der Waals surface area contributed by atoms with Gasteiger partial charge < -0.3 is 14.7 Å². The first-order valence-corrected chi connectivity index (χ1v) is 8.81. The molecule has 3 aromatic rings. The third-order valence-corrected chi connectivity index (χ3v) is 4.83. The summed E-state index contributed by atoms with van der Waals surface area (Å²) in [7, 11) is 0. The van der Waals surface area contributed by atoms with Gasteiger partial charge in [0.2, 0.25) is 5.91 Å². The average molecular weight is 351 g/mol. The minimum Gasteiger partial charge on any atom is -0.355 e. The quantitative estimate of drug-likeness (QED) is 0.781. The molecule has 1 saturated heterocycles. The smallest absolute Gasteiger partial charge is 0.263 e. The van der Waals surface area contributed by atoms with Gasteiger partial charge in [0.1, 0.15) is 17.5 Å². The van der Waals surface area contributed by atoms with Gasteiger partial charge in [-0.25, -0.2) is 4.98 Å². The van der Waals surface area contributed by atoms with Gasteiger partial charge in [-0.15, -0.1) is 0 Å². The number of anilines is 2. The van der Waals surface area contributed by atoms with Gasteiger partial charge in [-0.3, -0.25) is 4.79 Å². The lowest BCUT2D eigenvalue weighted by Crippen LogP contribution is -2.41. The molecule has 0 aliphatic carbocycles. The normalized spacial score (nSPS) is 17.5. The zero-order valence-electron chi connectivity index (χ0n) is 14.9. The van der Waals surface area contributed by atoms with E-state index in [0.29, 0.717) is 12.3 Å². The van der Waals surface area contributed by atoms with Crippen LogP contribution in [0.2, 0.25) is 0 Å². The second-order valence-electron chi connectivity index (χ2n) is 6.79. The molecule has 3 heterocycles. The van der Waals surface area contributed by atoms with Crippen LogP contribution in [0.15, 0.2) is 35.1 Å². The first-order chi connectivity index (χ1) is 12.6. The summed E-state index contributed by atoms with van der Waals surface area (Å²) in [5.41, 5.74) is 3.25. The lowest BCUT2D eigenvalue weighted by molar-refractivity contribution is -0.120. The van der Waals surface area contributed by atoms with Crippen molar-refractivity contribution in [2.24, 2.45) is 5.92 Å². The molecule has 1 amide bonds. The molecule has 2 aromatic heterocycles. The van der Waals surface area contributed by atoms with Crippen LogP contribution in [0.1, 0.15) is 24.1 Å². The van der Waals surface area contributed by atoms with Crippen molar-refractivity contribution in [3.8, 4) is 0 Å². The number of carbonyl (C=O) groups excluding carboxylic acids is 1. The van der Waals surface area contributed by atoms with Crippen LogP contribution >= 0.6 is 0 Å².